The molecule has 1 N–H and O–H groups in total. The fourth-order valence-corrected chi connectivity index (χ4v) is 1.53. The topological polar surface area (TPSA) is 32.1 Å². The summed E-state index contributed by atoms with van der Waals surface area (Å²) >= 11 is 0. The van der Waals surface area contributed by atoms with Gasteiger partial charge in [0, 0.05) is 5.56 Å². The monoisotopic (exact) mass is 243 g/mol. The van der Waals surface area contributed by atoms with Crippen LogP contribution in [0.25, 0.3) is 0 Å². The number of halogens is 3. The molecule has 1 aliphatic heterocycles. The molecule has 1 saturated heterocycles. The number of rotatable bonds is 1. The van der Waals surface area contributed by atoms with Gasteiger partial charge in [-0.1, -0.05) is 0 Å². The van der Waals surface area contributed by atoms with Gasteiger partial charge in [0.05, 0.1) is 12.0 Å². The lowest BCUT2D eigenvalue weighted by Gasteiger charge is -2.05. The van der Waals surface area contributed by atoms with E-state index in [1.165, 1.54) is 12.1 Å². The number of hydrogen-bond acceptors (Lipinski definition) is 1. The van der Waals surface area contributed by atoms with E-state index < -0.39 is 11.7 Å². The predicted molar refractivity (Wildman–Crippen MR) is 54.5 cm³/mol. The molecule has 0 aliphatic carbocycles. The van der Waals surface area contributed by atoms with Crippen LogP contribution in [0, 0.1) is 0 Å². The van der Waals surface area contributed by atoms with Crippen LogP contribution < -0.4 is 5.43 Å². The van der Waals surface area contributed by atoms with Crippen LogP contribution in [0.4, 0.5) is 13.2 Å². The largest absolute Gasteiger partial charge is 0.416 e. The molecule has 1 aromatic carbocycles. The molecular formula is C11H10F3N2O+. The van der Waals surface area contributed by atoms with Gasteiger partial charge in [-0.15, -0.1) is 10.1 Å². The first-order valence-electron chi connectivity index (χ1n) is 5.03. The van der Waals surface area contributed by atoms with Crippen LogP contribution in [0.2, 0.25) is 0 Å². The maximum absolute atomic E-state index is 12.3. The Labute approximate surface area is 95.5 Å². The van der Waals surface area contributed by atoms with E-state index in [1.54, 1.807) is 10.9 Å². The van der Waals surface area contributed by atoms with Gasteiger partial charge in [0.15, 0.2) is 6.54 Å². The summed E-state index contributed by atoms with van der Waals surface area (Å²) < 4.78 is 38.5. The van der Waals surface area contributed by atoms with Gasteiger partial charge in [0.2, 0.25) is 6.21 Å². The molecule has 17 heavy (non-hydrogen) atoms. The number of carbonyl (C=O) groups excluding carboxylic acids is 1. The zero-order valence-corrected chi connectivity index (χ0v) is 8.79. The lowest BCUT2D eigenvalue weighted by atomic mass is 10.1. The summed E-state index contributed by atoms with van der Waals surface area (Å²) in [5, 5.41) is 0. The Kier molecular flexibility index (Phi) is 2.87. The summed E-state index contributed by atoms with van der Waals surface area (Å²) in [6, 6.07) is 4.77. The Morgan fingerprint density at radius 1 is 1.24 bits per heavy atom. The van der Waals surface area contributed by atoms with Crippen LogP contribution in [0.5, 0.6) is 0 Å². The summed E-state index contributed by atoms with van der Waals surface area (Å²) in [5.74, 6) is -0.0897. The number of alkyl halides is 3. The molecule has 0 radical (unpaired) electrons. The maximum Gasteiger partial charge on any atom is 0.416 e. The second-order valence-corrected chi connectivity index (χ2v) is 3.73. The number of nitrogens with one attached hydrogen (secondary N) is 1. The van der Waals surface area contributed by atoms with Gasteiger partial charge in [-0.25, -0.2) is 0 Å². The SMILES string of the molecule is O=C1CC[N+](=Cc2ccc(C(F)(F)F)cc2)N1. The Balaban J connectivity index is 2.16. The van der Waals surface area contributed by atoms with Crippen molar-refractivity contribution in [1.29, 1.82) is 0 Å². The zero-order chi connectivity index (χ0) is 12.5. The lowest BCUT2D eigenvalue weighted by Crippen LogP contribution is -2.25. The molecular weight excluding hydrogens is 233 g/mol. The molecule has 0 unspecified atom stereocenters. The fraction of sp³-hybridized carbons (Fsp3) is 0.273. The van der Waals surface area contributed by atoms with E-state index in [0.29, 0.717) is 18.5 Å². The Morgan fingerprint density at radius 2 is 1.88 bits per heavy atom. The molecule has 1 amide bonds. The number of carbonyl (C=O) groups is 1. The highest BCUT2D eigenvalue weighted by Crippen LogP contribution is 2.28. The quantitative estimate of drug-likeness (QED) is 0.746. The van der Waals surface area contributed by atoms with E-state index in [0.717, 1.165) is 12.1 Å². The number of benzene rings is 1. The van der Waals surface area contributed by atoms with Gasteiger partial charge in [-0.05, 0) is 24.3 Å². The molecule has 90 valence electrons. The van der Waals surface area contributed by atoms with E-state index in [9.17, 15) is 18.0 Å². The molecule has 2 rings (SSSR count). The maximum atomic E-state index is 12.3. The highest BCUT2D eigenvalue weighted by molar-refractivity contribution is 5.79. The first kappa shape index (κ1) is 11.6. The Bertz CT molecular complexity index is 463. The molecule has 0 aromatic heterocycles. The molecule has 0 saturated carbocycles. The summed E-state index contributed by atoms with van der Waals surface area (Å²) in [7, 11) is 0. The normalized spacial score (nSPS) is 18.5. The van der Waals surface area contributed by atoms with Crippen molar-refractivity contribution in [2.24, 2.45) is 0 Å². The first-order chi connectivity index (χ1) is 7.95. The molecule has 0 bridgehead atoms. The van der Waals surface area contributed by atoms with Crippen molar-refractivity contribution < 1.29 is 22.7 Å². The third kappa shape index (κ3) is 2.83. The minimum atomic E-state index is -4.32. The molecule has 0 atom stereocenters. The summed E-state index contributed by atoms with van der Waals surface area (Å²) in [5.41, 5.74) is 2.49. The molecule has 1 fully saturated rings. The Morgan fingerprint density at radius 3 is 2.35 bits per heavy atom. The van der Waals surface area contributed by atoms with Crippen molar-refractivity contribution in [3.8, 4) is 0 Å². The number of nitrogens with zero attached hydrogens (tertiary/aromatic N) is 1. The highest BCUT2D eigenvalue weighted by Gasteiger charge is 2.30. The van der Waals surface area contributed by atoms with Crippen LogP contribution in [0.1, 0.15) is 17.5 Å². The number of amides is 1. The van der Waals surface area contributed by atoms with Gasteiger partial charge in [-0.3, -0.25) is 4.79 Å². The van der Waals surface area contributed by atoms with Crippen LogP contribution in [0.3, 0.4) is 0 Å². The van der Waals surface area contributed by atoms with E-state index >= 15 is 0 Å². The lowest BCUT2D eigenvalue weighted by molar-refractivity contribution is -0.553. The molecule has 1 heterocycles. The average molecular weight is 243 g/mol. The van der Waals surface area contributed by atoms with E-state index in [1.807, 2.05) is 0 Å². The van der Waals surface area contributed by atoms with Gasteiger partial charge >= 0.3 is 6.18 Å². The predicted octanol–water partition coefficient (Wildman–Crippen LogP) is 1.57. The third-order valence-corrected chi connectivity index (χ3v) is 2.39. The van der Waals surface area contributed by atoms with Gasteiger partial charge in [0.1, 0.15) is 0 Å². The van der Waals surface area contributed by atoms with E-state index in [4.69, 9.17) is 0 Å². The van der Waals surface area contributed by atoms with Crippen LogP contribution in [-0.2, 0) is 11.0 Å². The summed E-state index contributed by atoms with van der Waals surface area (Å²) in [6.07, 6.45) is -2.32. The average Bonchev–Trinajstić information content (AvgIpc) is 2.63. The second-order valence-electron chi connectivity index (χ2n) is 3.73. The molecule has 1 aromatic rings. The minimum Gasteiger partial charge on any atom is -0.269 e. The van der Waals surface area contributed by atoms with E-state index in [2.05, 4.69) is 5.43 Å². The van der Waals surface area contributed by atoms with Crippen molar-refractivity contribution in [2.45, 2.75) is 12.6 Å². The van der Waals surface area contributed by atoms with Gasteiger partial charge in [-0.2, -0.15) is 13.2 Å². The summed E-state index contributed by atoms with van der Waals surface area (Å²) in [6.45, 7) is 0.528. The summed E-state index contributed by atoms with van der Waals surface area (Å²) in [4.78, 5) is 10.9. The van der Waals surface area contributed by atoms with Crippen LogP contribution in [0.15, 0.2) is 24.3 Å². The second kappa shape index (κ2) is 4.20. The minimum absolute atomic E-state index is 0.0897. The molecule has 3 nitrogen and oxygen atoms in total. The highest BCUT2D eigenvalue weighted by atomic mass is 19.4. The number of hydrogen-bond donors (Lipinski definition) is 1. The van der Waals surface area contributed by atoms with E-state index in [-0.39, 0.29) is 5.91 Å². The van der Waals surface area contributed by atoms with Gasteiger partial charge < -0.3 is 0 Å². The fourth-order valence-electron chi connectivity index (χ4n) is 1.53. The Hall–Kier alpha value is -1.85. The van der Waals surface area contributed by atoms with Gasteiger partial charge in [0.25, 0.3) is 5.91 Å². The molecule has 1 aliphatic rings. The molecule has 6 heteroatoms. The number of hydrazine groups is 1. The van der Waals surface area contributed by atoms with Crippen molar-refractivity contribution in [1.82, 2.24) is 5.43 Å². The van der Waals surface area contributed by atoms with Crippen molar-refractivity contribution in [3.05, 3.63) is 35.4 Å². The standard InChI is InChI=1S/C11H9F3N2O/c12-11(13,14)9-3-1-8(2-4-9)7-16-6-5-10(17)15-16/h1-4,7H,5-6H2/p+1. The van der Waals surface area contributed by atoms with Crippen molar-refractivity contribution >= 4 is 12.1 Å². The van der Waals surface area contributed by atoms with Crippen LogP contribution >= 0.6 is 0 Å². The van der Waals surface area contributed by atoms with Crippen molar-refractivity contribution in [2.75, 3.05) is 6.54 Å². The van der Waals surface area contributed by atoms with Crippen LogP contribution in [-0.4, -0.2) is 23.4 Å². The van der Waals surface area contributed by atoms with Crippen molar-refractivity contribution in [3.63, 3.8) is 0 Å². The molecule has 0 spiro atoms. The zero-order valence-electron chi connectivity index (χ0n) is 8.79. The number of hydrazone groups is 1. The third-order valence-electron chi connectivity index (χ3n) is 2.39. The smallest absolute Gasteiger partial charge is 0.269 e. The first-order valence-corrected chi connectivity index (χ1v) is 5.03.